The van der Waals surface area contributed by atoms with Gasteiger partial charge in [0, 0.05) is 11.9 Å². The zero-order valence-electron chi connectivity index (χ0n) is 12.7. The number of aromatic nitrogens is 1. The van der Waals surface area contributed by atoms with Gasteiger partial charge in [0.05, 0.1) is 17.2 Å². The normalized spacial score (nSPS) is 22.9. The lowest BCUT2D eigenvalue weighted by Gasteiger charge is -2.57. The molecule has 0 radical (unpaired) electrons. The van der Waals surface area contributed by atoms with E-state index >= 15 is 0 Å². The van der Waals surface area contributed by atoms with Gasteiger partial charge in [0.15, 0.2) is 0 Å². The Hall–Kier alpha value is -2.27. The summed E-state index contributed by atoms with van der Waals surface area (Å²) in [7, 11) is 0. The Kier molecular flexibility index (Phi) is 3.38. The van der Waals surface area contributed by atoms with E-state index in [2.05, 4.69) is 10.3 Å². The molecular weight excluding hydrogens is 293 g/mol. The van der Waals surface area contributed by atoms with Gasteiger partial charge in [-0.1, -0.05) is 6.07 Å². The number of halogens is 1. The first-order valence-electron chi connectivity index (χ1n) is 7.93. The number of pyridine rings is 1. The first kappa shape index (κ1) is 14.3. The predicted octanol–water partition coefficient (Wildman–Crippen LogP) is 2.68. The molecular formula is C18H18FN3O. The summed E-state index contributed by atoms with van der Waals surface area (Å²) in [6.07, 6.45) is 3.38. The number of carbonyl (C=O) groups is 1. The number of carbonyl (C=O) groups excluding carboxylic acids is 1. The molecule has 0 bridgehead atoms. The Morgan fingerprint density at radius 3 is 2.52 bits per heavy atom. The quantitative estimate of drug-likeness (QED) is 0.867. The number of benzene rings is 1. The van der Waals surface area contributed by atoms with Gasteiger partial charge in [-0.05, 0) is 62.3 Å². The Bertz CT molecular complexity index is 711. The highest BCUT2D eigenvalue weighted by Crippen LogP contribution is 2.56. The number of nitrogens with zero attached hydrogens (tertiary/aromatic N) is 2. The maximum Gasteiger partial charge on any atom is 0.236 e. The van der Waals surface area contributed by atoms with E-state index in [0.717, 1.165) is 37.3 Å². The fourth-order valence-corrected chi connectivity index (χ4v) is 3.84. The molecule has 1 atom stereocenters. The van der Waals surface area contributed by atoms with Crippen molar-refractivity contribution in [1.82, 2.24) is 10.3 Å². The van der Waals surface area contributed by atoms with Crippen LogP contribution >= 0.6 is 0 Å². The molecule has 1 unspecified atom stereocenters. The van der Waals surface area contributed by atoms with Crippen molar-refractivity contribution in [2.75, 3.05) is 18.0 Å². The first-order valence-corrected chi connectivity index (χ1v) is 7.93. The number of anilines is 1. The van der Waals surface area contributed by atoms with Crippen molar-refractivity contribution in [3.05, 3.63) is 60.2 Å². The van der Waals surface area contributed by atoms with Crippen molar-refractivity contribution < 1.29 is 9.18 Å². The summed E-state index contributed by atoms with van der Waals surface area (Å²) in [4.78, 5) is 19.2. The Morgan fingerprint density at radius 2 is 1.87 bits per heavy atom. The van der Waals surface area contributed by atoms with Gasteiger partial charge >= 0.3 is 0 Å². The molecule has 1 spiro atoms. The fraction of sp³-hybridized carbons (Fsp3) is 0.333. The van der Waals surface area contributed by atoms with Crippen molar-refractivity contribution in [2.24, 2.45) is 5.41 Å². The summed E-state index contributed by atoms with van der Waals surface area (Å²) in [5, 5.41) is 3.32. The molecule has 3 heterocycles. The van der Waals surface area contributed by atoms with Crippen molar-refractivity contribution in [3.8, 4) is 0 Å². The van der Waals surface area contributed by atoms with Crippen molar-refractivity contribution in [3.63, 3.8) is 0 Å². The van der Waals surface area contributed by atoms with Gasteiger partial charge in [-0.3, -0.25) is 9.78 Å². The SMILES string of the molecule is O=C1N(c2ccc(F)cc2)C(c2ccccn2)C12CCNCC2. The third-order valence-corrected chi connectivity index (χ3v) is 4.99. The van der Waals surface area contributed by atoms with Gasteiger partial charge in [0.1, 0.15) is 5.82 Å². The van der Waals surface area contributed by atoms with E-state index in [-0.39, 0.29) is 23.2 Å². The second-order valence-electron chi connectivity index (χ2n) is 6.21. The molecule has 0 saturated carbocycles. The van der Waals surface area contributed by atoms with E-state index in [1.165, 1.54) is 12.1 Å². The van der Waals surface area contributed by atoms with Gasteiger partial charge in [-0.2, -0.15) is 0 Å². The zero-order chi connectivity index (χ0) is 15.9. The van der Waals surface area contributed by atoms with Crippen LogP contribution in [-0.2, 0) is 4.79 Å². The molecule has 2 fully saturated rings. The minimum Gasteiger partial charge on any atom is -0.317 e. The molecule has 2 aliphatic rings. The predicted molar refractivity (Wildman–Crippen MR) is 85.4 cm³/mol. The standard InChI is InChI=1S/C18H18FN3O/c19-13-4-6-14(7-5-13)22-16(15-3-1-2-10-21-15)18(17(22)23)8-11-20-12-9-18/h1-7,10,16,20H,8-9,11-12H2. The molecule has 23 heavy (non-hydrogen) atoms. The number of piperidine rings is 1. The van der Waals surface area contributed by atoms with E-state index in [0.29, 0.717) is 0 Å². The lowest BCUT2D eigenvalue weighted by molar-refractivity contribution is -0.142. The van der Waals surface area contributed by atoms with Crippen LogP contribution in [0, 0.1) is 11.2 Å². The summed E-state index contributed by atoms with van der Waals surface area (Å²) in [5.41, 5.74) is 1.25. The molecule has 1 aromatic heterocycles. The van der Waals surface area contributed by atoms with Crippen molar-refractivity contribution in [1.29, 1.82) is 0 Å². The number of nitrogens with one attached hydrogen (secondary N) is 1. The molecule has 2 aromatic rings. The highest BCUT2D eigenvalue weighted by molar-refractivity contribution is 6.06. The van der Waals surface area contributed by atoms with Gasteiger partial charge in [-0.15, -0.1) is 0 Å². The minimum atomic E-state index is -0.381. The average Bonchev–Trinajstić information content (AvgIpc) is 2.61. The number of amides is 1. The Balaban J connectivity index is 1.76. The van der Waals surface area contributed by atoms with E-state index in [1.54, 1.807) is 23.2 Å². The number of hydrogen-bond acceptors (Lipinski definition) is 3. The minimum absolute atomic E-state index is 0.0799. The summed E-state index contributed by atoms with van der Waals surface area (Å²) in [6, 6.07) is 11.8. The van der Waals surface area contributed by atoms with Crippen LogP contribution in [0.15, 0.2) is 48.7 Å². The molecule has 118 valence electrons. The third kappa shape index (κ3) is 2.15. The van der Waals surface area contributed by atoms with Crippen LogP contribution in [-0.4, -0.2) is 24.0 Å². The average molecular weight is 311 g/mol. The van der Waals surface area contributed by atoms with E-state index in [1.807, 2.05) is 18.2 Å². The van der Waals surface area contributed by atoms with Gasteiger partial charge in [-0.25, -0.2) is 4.39 Å². The summed E-state index contributed by atoms with van der Waals surface area (Å²) in [5.74, 6) is -0.172. The molecule has 4 nitrogen and oxygen atoms in total. The Morgan fingerprint density at radius 1 is 1.13 bits per heavy atom. The summed E-state index contributed by atoms with van der Waals surface area (Å²) >= 11 is 0. The molecule has 2 saturated heterocycles. The van der Waals surface area contributed by atoms with Crippen LogP contribution in [0.5, 0.6) is 0 Å². The second kappa shape index (κ2) is 5.42. The van der Waals surface area contributed by atoms with E-state index in [9.17, 15) is 9.18 Å². The molecule has 0 aliphatic carbocycles. The van der Waals surface area contributed by atoms with Gasteiger partial charge in [0.25, 0.3) is 0 Å². The highest BCUT2D eigenvalue weighted by atomic mass is 19.1. The largest absolute Gasteiger partial charge is 0.317 e. The fourth-order valence-electron chi connectivity index (χ4n) is 3.84. The van der Waals surface area contributed by atoms with E-state index in [4.69, 9.17) is 0 Å². The zero-order valence-corrected chi connectivity index (χ0v) is 12.7. The molecule has 1 amide bonds. The van der Waals surface area contributed by atoms with Crippen LogP contribution in [0.2, 0.25) is 0 Å². The number of β-lactam (4-membered cyclic amide) rings is 1. The maximum atomic E-state index is 13.2. The first-order chi connectivity index (χ1) is 11.2. The molecule has 1 N–H and O–H groups in total. The summed E-state index contributed by atoms with van der Waals surface area (Å²) < 4.78 is 13.2. The molecule has 4 rings (SSSR count). The van der Waals surface area contributed by atoms with Crippen LogP contribution in [0.4, 0.5) is 10.1 Å². The maximum absolute atomic E-state index is 13.2. The number of hydrogen-bond donors (Lipinski definition) is 1. The Labute approximate surface area is 134 Å². The van der Waals surface area contributed by atoms with Crippen LogP contribution in [0.3, 0.4) is 0 Å². The lowest BCUT2D eigenvalue weighted by atomic mass is 9.63. The summed E-state index contributed by atoms with van der Waals surface area (Å²) in [6.45, 7) is 1.68. The molecule has 2 aliphatic heterocycles. The number of rotatable bonds is 2. The highest BCUT2D eigenvalue weighted by Gasteiger charge is 2.61. The third-order valence-electron chi connectivity index (χ3n) is 4.99. The van der Waals surface area contributed by atoms with Crippen molar-refractivity contribution >= 4 is 11.6 Å². The topological polar surface area (TPSA) is 45.2 Å². The van der Waals surface area contributed by atoms with Crippen LogP contribution < -0.4 is 10.2 Å². The monoisotopic (exact) mass is 311 g/mol. The van der Waals surface area contributed by atoms with Crippen LogP contribution in [0.1, 0.15) is 24.6 Å². The second-order valence-corrected chi connectivity index (χ2v) is 6.21. The van der Waals surface area contributed by atoms with Gasteiger partial charge < -0.3 is 10.2 Å². The molecule has 1 aromatic carbocycles. The van der Waals surface area contributed by atoms with E-state index < -0.39 is 0 Å². The molecule has 5 heteroatoms. The smallest absolute Gasteiger partial charge is 0.236 e. The van der Waals surface area contributed by atoms with Crippen molar-refractivity contribution in [2.45, 2.75) is 18.9 Å². The van der Waals surface area contributed by atoms with Crippen LogP contribution in [0.25, 0.3) is 0 Å². The lowest BCUT2D eigenvalue weighted by Crippen LogP contribution is -2.66. The van der Waals surface area contributed by atoms with Gasteiger partial charge in [0.2, 0.25) is 5.91 Å².